The third kappa shape index (κ3) is 2.19. The standard InChI is InChI=1S/C21H32O4/c1-19-8-5-14(23)11-13(19)3-4-16-15(19)6-9-20(2)17(18(24)12-22)7-10-21(16,20)25/h13,15-17,22,25H,3-12H2,1-2H3/t13-,15+,16-,17-,19+,20-,21-/m1/s1. The number of fused-ring (bicyclic) bond motifs is 5. The Hall–Kier alpha value is -0.740. The Balaban J connectivity index is 1.67. The van der Waals surface area contributed by atoms with E-state index in [0.717, 1.165) is 38.5 Å². The molecule has 4 heteroatoms. The van der Waals surface area contributed by atoms with Gasteiger partial charge in [-0.05, 0) is 68.1 Å². The molecule has 0 aromatic carbocycles. The van der Waals surface area contributed by atoms with Gasteiger partial charge in [0.25, 0.3) is 0 Å². The van der Waals surface area contributed by atoms with Gasteiger partial charge in [0, 0.05) is 24.2 Å². The van der Waals surface area contributed by atoms with Gasteiger partial charge in [-0.25, -0.2) is 0 Å². The summed E-state index contributed by atoms with van der Waals surface area (Å²) in [5, 5.41) is 21.2. The van der Waals surface area contributed by atoms with Crippen molar-refractivity contribution in [2.45, 2.75) is 77.2 Å². The lowest BCUT2D eigenvalue weighted by Gasteiger charge is -2.63. The Kier molecular flexibility index (Phi) is 3.98. The van der Waals surface area contributed by atoms with Crippen LogP contribution in [0.4, 0.5) is 0 Å². The molecule has 4 nitrogen and oxygen atoms in total. The summed E-state index contributed by atoms with van der Waals surface area (Å²) in [7, 11) is 0. The highest BCUT2D eigenvalue weighted by Crippen LogP contribution is 2.68. The number of hydrogen-bond acceptors (Lipinski definition) is 4. The largest absolute Gasteiger partial charge is 0.389 e. The third-order valence-electron chi connectivity index (χ3n) is 9.21. The molecule has 0 aliphatic heterocycles. The fourth-order valence-corrected chi connectivity index (χ4v) is 7.64. The number of hydrogen-bond donors (Lipinski definition) is 2. The van der Waals surface area contributed by atoms with Crippen LogP contribution in [0.1, 0.15) is 71.6 Å². The molecule has 0 unspecified atom stereocenters. The molecular formula is C21H32O4. The first kappa shape index (κ1) is 17.7. The van der Waals surface area contributed by atoms with Crippen LogP contribution in [0.25, 0.3) is 0 Å². The maximum Gasteiger partial charge on any atom is 0.161 e. The van der Waals surface area contributed by atoms with Crippen LogP contribution in [0.2, 0.25) is 0 Å². The van der Waals surface area contributed by atoms with Gasteiger partial charge in [0.05, 0.1) is 5.60 Å². The lowest BCUT2D eigenvalue weighted by molar-refractivity contribution is -0.206. The van der Waals surface area contributed by atoms with Gasteiger partial charge in [0.1, 0.15) is 12.4 Å². The van der Waals surface area contributed by atoms with E-state index in [4.69, 9.17) is 0 Å². The van der Waals surface area contributed by atoms with Gasteiger partial charge in [-0.2, -0.15) is 0 Å². The molecule has 4 rings (SSSR count). The quantitative estimate of drug-likeness (QED) is 0.805. The highest BCUT2D eigenvalue weighted by molar-refractivity contribution is 5.83. The zero-order valence-electron chi connectivity index (χ0n) is 15.6. The van der Waals surface area contributed by atoms with Crippen LogP contribution < -0.4 is 0 Å². The van der Waals surface area contributed by atoms with Crippen molar-refractivity contribution in [2.24, 2.45) is 34.5 Å². The lowest BCUT2D eigenvalue weighted by atomic mass is 9.43. The second kappa shape index (κ2) is 5.63. The molecule has 0 spiro atoms. The fourth-order valence-electron chi connectivity index (χ4n) is 7.64. The van der Waals surface area contributed by atoms with Gasteiger partial charge in [-0.3, -0.25) is 9.59 Å². The van der Waals surface area contributed by atoms with Crippen LogP contribution in [0.5, 0.6) is 0 Å². The van der Waals surface area contributed by atoms with Crippen molar-refractivity contribution in [3.8, 4) is 0 Å². The molecule has 0 radical (unpaired) electrons. The van der Waals surface area contributed by atoms with Gasteiger partial charge in [-0.15, -0.1) is 0 Å². The topological polar surface area (TPSA) is 74.6 Å². The molecule has 0 bridgehead atoms. The molecule has 0 aromatic heterocycles. The average molecular weight is 348 g/mol. The van der Waals surface area contributed by atoms with E-state index in [1.54, 1.807) is 0 Å². The fraction of sp³-hybridized carbons (Fsp3) is 0.905. The van der Waals surface area contributed by atoms with Crippen molar-refractivity contribution in [1.82, 2.24) is 0 Å². The van der Waals surface area contributed by atoms with Crippen molar-refractivity contribution in [3.63, 3.8) is 0 Å². The molecule has 0 amide bonds. The number of carbonyl (C=O) groups is 2. The van der Waals surface area contributed by atoms with E-state index in [0.29, 0.717) is 36.9 Å². The van der Waals surface area contributed by atoms with Gasteiger partial charge in [-0.1, -0.05) is 13.8 Å². The van der Waals surface area contributed by atoms with Crippen LogP contribution in [0.15, 0.2) is 0 Å². The van der Waals surface area contributed by atoms with E-state index in [9.17, 15) is 19.8 Å². The number of Topliss-reactive ketones (excluding diaryl/α,β-unsaturated/α-hetero) is 2. The van der Waals surface area contributed by atoms with Crippen LogP contribution >= 0.6 is 0 Å². The summed E-state index contributed by atoms with van der Waals surface area (Å²) in [5.41, 5.74) is -1.03. The Morgan fingerprint density at radius 1 is 1.08 bits per heavy atom. The maximum absolute atomic E-state index is 12.3. The molecule has 7 atom stereocenters. The highest BCUT2D eigenvalue weighted by Gasteiger charge is 2.68. The second-order valence-electron chi connectivity index (χ2n) is 9.83. The average Bonchev–Trinajstić information content (AvgIpc) is 2.86. The highest BCUT2D eigenvalue weighted by atomic mass is 16.3. The molecule has 4 aliphatic carbocycles. The molecule has 140 valence electrons. The molecule has 25 heavy (non-hydrogen) atoms. The monoisotopic (exact) mass is 348 g/mol. The second-order valence-corrected chi connectivity index (χ2v) is 9.83. The predicted octanol–water partition coefficient (Wildman–Crippen LogP) is 2.89. The smallest absolute Gasteiger partial charge is 0.161 e. The normalized spacial score (nSPS) is 52.2. The summed E-state index contributed by atoms with van der Waals surface area (Å²) in [5.74, 6) is 1.27. The summed E-state index contributed by atoms with van der Waals surface area (Å²) in [6, 6.07) is 0. The number of rotatable bonds is 2. The van der Waals surface area contributed by atoms with E-state index in [1.165, 1.54) is 0 Å². The molecule has 4 saturated carbocycles. The van der Waals surface area contributed by atoms with Crippen molar-refractivity contribution < 1.29 is 19.8 Å². The van der Waals surface area contributed by atoms with Crippen molar-refractivity contribution >= 4 is 11.6 Å². The van der Waals surface area contributed by atoms with Crippen LogP contribution in [0.3, 0.4) is 0 Å². The van der Waals surface area contributed by atoms with Gasteiger partial charge in [0.2, 0.25) is 0 Å². The summed E-state index contributed by atoms with van der Waals surface area (Å²) in [4.78, 5) is 24.3. The Morgan fingerprint density at radius 2 is 1.84 bits per heavy atom. The van der Waals surface area contributed by atoms with Crippen molar-refractivity contribution in [2.75, 3.05) is 6.61 Å². The van der Waals surface area contributed by atoms with Crippen molar-refractivity contribution in [1.29, 1.82) is 0 Å². The Morgan fingerprint density at radius 3 is 2.56 bits per heavy atom. The molecule has 0 heterocycles. The zero-order chi connectivity index (χ0) is 18.0. The van der Waals surface area contributed by atoms with Crippen LogP contribution in [-0.2, 0) is 9.59 Å². The summed E-state index contributed by atoms with van der Waals surface area (Å²) in [6.07, 6.45) is 7.67. The van der Waals surface area contributed by atoms with E-state index in [2.05, 4.69) is 13.8 Å². The van der Waals surface area contributed by atoms with Crippen molar-refractivity contribution in [3.05, 3.63) is 0 Å². The SMILES string of the molecule is C[C@]12CCC(=O)C[C@H]1CC[C@@H]1[C@@H]2CC[C@]2(C)[C@@H](C(=O)CO)CC[C@@]12O. The Labute approximate surface area is 150 Å². The minimum atomic E-state index is -0.791. The number of carbonyl (C=O) groups excluding carboxylic acids is 2. The zero-order valence-corrected chi connectivity index (χ0v) is 15.6. The minimum absolute atomic E-state index is 0.0972. The molecular weight excluding hydrogens is 316 g/mol. The molecule has 0 aromatic rings. The van der Waals surface area contributed by atoms with Gasteiger partial charge < -0.3 is 10.2 Å². The van der Waals surface area contributed by atoms with E-state index < -0.39 is 17.6 Å². The van der Waals surface area contributed by atoms with Crippen LogP contribution in [-0.4, -0.2) is 34.0 Å². The number of aliphatic hydroxyl groups excluding tert-OH is 1. The molecule has 0 saturated heterocycles. The van der Waals surface area contributed by atoms with E-state index in [-0.39, 0.29) is 23.0 Å². The summed E-state index contributed by atoms with van der Waals surface area (Å²) >= 11 is 0. The first-order chi connectivity index (χ1) is 11.8. The molecule has 4 aliphatic rings. The number of ketones is 2. The van der Waals surface area contributed by atoms with Gasteiger partial charge in [0.15, 0.2) is 5.78 Å². The summed E-state index contributed by atoms with van der Waals surface area (Å²) in [6.45, 7) is 4.04. The van der Waals surface area contributed by atoms with E-state index in [1.807, 2.05) is 0 Å². The maximum atomic E-state index is 12.3. The predicted molar refractivity (Wildman–Crippen MR) is 93.8 cm³/mol. The molecule has 4 fully saturated rings. The Bertz CT molecular complexity index is 601. The summed E-state index contributed by atoms with van der Waals surface area (Å²) < 4.78 is 0. The van der Waals surface area contributed by atoms with E-state index >= 15 is 0 Å². The lowest BCUT2D eigenvalue weighted by Crippen LogP contribution is -2.62. The minimum Gasteiger partial charge on any atom is -0.389 e. The molecule has 2 N–H and O–H groups in total. The van der Waals surface area contributed by atoms with Crippen LogP contribution in [0, 0.1) is 34.5 Å². The first-order valence-electron chi connectivity index (χ1n) is 10.1. The first-order valence-corrected chi connectivity index (χ1v) is 10.1. The number of aliphatic hydroxyl groups is 2. The third-order valence-corrected chi connectivity index (χ3v) is 9.21. The van der Waals surface area contributed by atoms with Gasteiger partial charge >= 0.3 is 0 Å².